The molecule has 0 bridgehead atoms. The van der Waals surface area contributed by atoms with Gasteiger partial charge in [-0.3, -0.25) is 13.9 Å². The van der Waals surface area contributed by atoms with Crippen LogP contribution in [0.1, 0.15) is 44.6 Å². The van der Waals surface area contributed by atoms with Crippen LogP contribution in [0.4, 0.5) is 10.1 Å². The lowest BCUT2D eigenvalue weighted by Crippen LogP contribution is -2.53. The van der Waals surface area contributed by atoms with Crippen LogP contribution in [-0.4, -0.2) is 50.0 Å². The molecule has 2 aromatic carbocycles. The van der Waals surface area contributed by atoms with Crippen molar-refractivity contribution in [3.05, 3.63) is 64.9 Å². The predicted molar refractivity (Wildman–Crippen MR) is 135 cm³/mol. The standard InChI is InChI=1S/C25H31ClFN3O4S/c1-3-23(25(32)28-21-6-4-5-7-21)29(16-18-8-10-19(26)11-9-18)24(31)17-30(35(2,33)34)22-14-12-20(27)13-15-22/h8-15,21,23H,3-7,16-17H2,1-2H3,(H,28,32)/t23-/m0/s1. The number of halogens is 2. The molecule has 0 spiro atoms. The van der Waals surface area contributed by atoms with Crippen molar-refractivity contribution in [2.45, 2.75) is 57.7 Å². The van der Waals surface area contributed by atoms with Gasteiger partial charge in [0.2, 0.25) is 21.8 Å². The van der Waals surface area contributed by atoms with Crippen LogP contribution in [0.25, 0.3) is 0 Å². The Labute approximate surface area is 211 Å². The molecule has 7 nitrogen and oxygen atoms in total. The molecule has 0 saturated heterocycles. The van der Waals surface area contributed by atoms with Gasteiger partial charge < -0.3 is 10.2 Å². The molecule has 1 saturated carbocycles. The first-order chi connectivity index (χ1) is 16.6. The highest BCUT2D eigenvalue weighted by Crippen LogP contribution is 2.22. The minimum absolute atomic E-state index is 0.0794. The molecule has 3 rings (SSSR count). The van der Waals surface area contributed by atoms with Crippen LogP contribution < -0.4 is 9.62 Å². The Hall–Kier alpha value is -2.65. The van der Waals surface area contributed by atoms with Crippen LogP contribution in [-0.2, 0) is 26.2 Å². The fraction of sp³-hybridized carbons (Fsp3) is 0.440. The number of carbonyl (C=O) groups is 2. The maximum absolute atomic E-state index is 13.6. The van der Waals surface area contributed by atoms with Gasteiger partial charge in [-0.2, -0.15) is 0 Å². The zero-order valence-electron chi connectivity index (χ0n) is 19.9. The van der Waals surface area contributed by atoms with Crippen LogP contribution in [0.2, 0.25) is 5.02 Å². The number of sulfonamides is 1. The van der Waals surface area contributed by atoms with Crippen molar-refractivity contribution >= 4 is 39.1 Å². The first-order valence-corrected chi connectivity index (χ1v) is 13.9. The van der Waals surface area contributed by atoms with E-state index in [2.05, 4.69) is 5.32 Å². The molecule has 1 aliphatic rings. The molecule has 190 valence electrons. The van der Waals surface area contributed by atoms with Crippen molar-refractivity contribution in [2.24, 2.45) is 0 Å². The van der Waals surface area contributed by atoms with Gasteiger partial charge in [0.05, 0.1) is 11.9 Å². The van der Waals surface area contributed by atoms with Gasteiger partial charge >= 0.3 is 0 Å². The average Bonchev–Trinajstić information content (AvgIpc) is 3.31. The largest absolute Gasteiger partial charge is 0.352 e. The number of hydrogen-bond acceptors (Lipinski definition) is 4. The number of benzene rings is 2. The van der Waals surface area contributed by atoms with E-state index in [0.717, 1.165) is 53.9 Å². The maximum Gasteiger partial charge on any atom is 0.244 e. The van der Waals surface area contributed by atoms with Crippen LogP contribution in [0.15, 0.2) is 48.5 Å². The van der Waals surface area contributed by atoms with Crippen molar-refractivity contribution < 1.29 is 22.4 Å². The lowest BCUT2D eigenvalue weighted by Gasteiger charge is -2.33. The van der Waals surface area contributed by atoms with Gasteiger partial charge in [0.1, 0.15) is 18.4 Å². The number of nitrogens with one attached hydrogen (secondary N) is 1. The third-order valence-electron chi connectivity index (χ3n) is 6.15. The number of amides is 2. The number of rotatable bonds is 10. The number of hydrogen-bond donors (Lipinski definition) is 1. The fourth-order valence-electron chi connectivity index (χ4n) is 4.29. The lowest BCUT2D eigenvalue weighted by atomic mass is 10.1. The van der Waals surface area contributed by atoms with Gasteiger partial charge in [0.25, 0.3) is 0 Å². The van der Waals surface area contributed by atoms with E-state index in [1.165, 1.54) is 17.0 Å². The van der Waals surface area contributed by atoms with Crippen LogP contribution in [0.3, 0.4) is 0 Å². The molecule has 35 heavy (non-hydrogen) atoms. The molecule has 0 heterocycles. The second-order valence-corrected chi connectivity index (χ2v) is 11.2. The van der Waals surface area contributed by atoms with Gasteiger partial charge in [0.15, 0.2) is 0 Å². The SMILES string of the molecule is CC[C@@H](C(=O)NC1CCCC1)N(Cc1ccc(Cl)cc1)C(=O)CN(c1ccc(F)cc1)S(C)(=O)=O. The second kappa shape index (κ2) is 11.9. The van der Waals surface area contributed by atoms with E-state index in [0.29, 0.717) is 11.4 Å². The number of carbonyl (C=O) groups excluding carboxylic acids is 2. The molecular weight excluding hydrogens is 493 g/mol. The minimum atomic E-state index is -3.86. The van der Waals surface area contributed by atoms with Gasteiger partial charge in [0, 0.05) is 17.6 Å². The van der Waals surface area contributed by atoms with E-state index in [-0.39, 0.29) is 24.2 Å². The molecule has 2 amide bonds. The van der Waals surface area contributed by atoms with E-state index >= 15 is 0 Å². The highest BCUT2D eigenvalue weighted by atomic mass is 35.5. The first kappa shape index (κ1) is 26.9. The Kier molecular flexibility index (Phi) is 9.13. The molecule has 0 aromatic heterocycles. The Morgan fingerprint density at radius 2 is 1.69 bits per heavy atom. The second-order valence-electron chi connectivity index (χ2n) is 8.81. The van der Waals surface area contributed by atoms with Gasteiger partial charge in [-0.1, -0.05) is 43.5 Å². The lowest BCUT2D eigenvalue weighted by molar-refractivity contribution is -0.140. The summed E-state index contributed by atoms with van der Waals surface area (Å²) < 4.78 is 39.4. The van der Waals surface area contributed by atoms with Crippen LogP contribution in [0.5, 0.6) is 0 Å². The number of nitrogens with zero attached hydrogens (tertiary/aromatic N) is 2. The quantitative estimate of drug-likeness (QED) is 0.507. The molecule has 10 heteroatoms. The van der Waals surface area contributed by atoms with Crippen molar-refractivity contribution in [1.29, 1.82) is 0 Å². The monoisotopic (exact) mass is 523 g/mol. The normalized spacial score (nSPS) is 15.0. The summed E-state index contributed by atoms with van der Waals surface area (Å²) in [5, 5.41) is 3.59. The first-order valence-electron chi connectivity index (χ1n) is 11.7. The third-order valence-corrected chi connectivity index (χ3v) is 7.54. The summed E-state index contributed by atoms with van der Waals surface area (Å²) in [6.07, 6.45) is 5.25. The number of anilines is 1. The molecule has 1 N–H and O–H groups in total. The summed E-state index contributed by atoms with van der Waals surface area (Å²) in [5.41, 5.74) is 0.916. The zero-order chi connectivity index (χ0) is 25.6. The summed E-state index contributed by atoms with van der Waals surface area (Å²) in [6.45, 7) is 1.40. The smallest absolute Gasteiger partial charge is 0.244 e. The van der Waals surface area contributed by atoms with Crippen molar-refractivity contribution in [3.8, 4) is 0 Å². The molecule has 0 radical (unpaired) electrons. The molecular formula is C25H31ClFN3O4S. The topological polar surface area (TPSA) is 86.8 Å². The van der Waals surface area contributed by atoms with Gasteiger partial charge in [-0.15, -0.1) is 0 Å². The van der Waals surface area contributed by atoms with Crippen LogP contribution in [0, 0.1) is 5.82 Å². The minimum Gasteiger partial charge on any atom is -0.352 e. The van der Waals surface area contributed by atoms with E-state index in [1.807, 2.05) is 6.92 Å². The third kappa shape index (κ3) is 7.41. The van der Waals surface area contributed by atoms with Crippen molar-refractivity contribution in [2.75, 3.05) is 17.1 Å². The average molecular weight is 524 g/mol. The molecule has 2 aromatic rings. The summed E-state index contributed by atoms with van der Waals surface area (Å²) in [7, 11) is -3.86. The van der Waals surface area contributed by atoms with Crippen molar-refractivity contribution in [1.82, 2.24) is 10.2 Å². The van der Waals surface area contributed by atoms with E-state index in [1.54, 1.807) is 24.3 Å². The Morgan fingerprint density at radius 3 is 2.23 bits per heavy atom. The maximum atomic E-state index is 13.6. The molecule has 0 unspecified atom stereocenters. The van der Waals surface area contributed by atoms with E-state index < -0.39 is 34.3 Å². The van der Waals surface area contributed by atoms with Crippen molar-refractivity contribution in [3.63, 3.8) is 0 Å². The highest BCUT2D eigenvalue weighted by molar-refractivity contribution is 7.92. The highest BCUT2D eigenvalue weighted by Gasteiger charge is 2.33. The Bertz CT molecular complexity index is 1120. The van der Waals surface area contributed by atoms with Gasteiger partial charge in [-0.25, -0.2) is 12.8 Å². The molecule has 1 aliphatic carbocycles. The fourth-order valence-corrected chi connectivity index (χ4v) is 5.27. The Balaban J connectivity index is 1.90. The van der Waals surface area contributed by atoms with Gasteiger partial charge in [-0.05, 0) is 61.2 Å². The van der Waals surface area contributed by atoms with E-state index in [9.17, 15) is 22.4 Å². The molecule has 0 aliphatic heterocycles. The summed E-state index contributed by atoms with van der Waals surface area (Å²) >= 11 is 6.00. The Morgan fingerprint density at radius 1 is 1.09 bits per heavy atom. The van der Waals surface area contributed by atoms with E-state index in [4.69, 9.17) is 11.6 Å². The summed E-state index contributed by atoms with van der Waals surface area (Å²) in [5.74, 6) is -1.31. The van der Waals surface area contributed by atoms with Crippen LogP contribution >= 0.6 is 11.6 Å². The predicted octanol–water partition coefficient (Wildman–Crippen LogP) is 4.11. The zero-order valence-corrected chi connectivity index (χ0v) is 21.5. The summed E-state index contributed by atoms with van der Waals surface area (Å²) in [6, 6.07) is 11.1. The molecule has 1 fully saturated rings. The molecule has 1 atom stereocenters. The summed E-state index contributed by atoms with van der Waals surface area (Å²) in [4.78, 5) is 28.2.